The SMILES string of the molecule is O=C(CCN1CCCC1c1ccc2c(c1)OCCO2)N1CCN(c2ccccn2)CC1. The first-order chi connectivity index (χ1) is 15.3. The standard InChI is InChI=1S/C24H30N4O3/c29-24(28-14-12-27(13-15-28)23-5-1-2-9-25-23)8-11-26-10-3-4-20(26)19-6-7-21-22(18-19)31-17-16-30-21/h1-2,5-7,9,18,20H,3-4,8,10-17H2. The topological polar surface area (TPSA) is 58.1 Å². The fourth-order valence-corrected chi connectivity index (χ4v) is 4.86. The average Bonchev–Trinajstić information content (AvgIpc) is 3.31. The second-order valence-electron chi connectivity index (χ2n) is 8.40. The molecule has 1 atom stereocenters. The molecule has 0 spiro atoms. The summed E-state index contributed by atoms with van der Waals surface area (Å²) in [6.07, 6.45) is 4.68. The van der Waals surface area contributed by atoms with Crippen LogP contribution in [-0.2, 0) is 4.79 Å². The van der Waals surface area contributed by atoms with Crippen molar-refractivity contribution in [3.63, 3.8) is 0 Å². The molecule has 7 heteroatoms. The van der Waals surface area contributed by atoms with Gasteiger partial charge < -0.3 is 19.3 Å². The Labute approximate surface area is 183 Å². The highest BCUT2D eigenvalue weighted by molar-refractivity contribution is 5.76. The van der Waals surface area contributed by atoms with Gasteiger partial charge >= 0.3 is 0 Å². The van der Waals surface area contributed by atoms with Crippen molar-refractivity contribution < 1.29 is 14.3 Å². The second-order valence-corrected chi connectivity index (χ2v) is 8.40. The Morgan fingerprint density at radius 1 is 1.00 bits per heavy atom. The van der Waals surface area contributed by atoms with E-state index in [0.29, 0.717) is 25.7 Å². The molecule has 164 valence electrons. The van der Waals surface area contributed by atoms with E-state index in [1.165, 1.54) is 5.56 Å². The highest BCUT2D eigenvalue weighted by atomic mass is 16.6. The van der Waals surface area contributed by atoms with Crippen LogP contribution in [0.1, 0.15) is 30.9 Å². The zero-order valence-corrected chi connectivity index (χ0v) is 17.9. The lowest BCUT2D eigenvalue weighted by Gasteiger charge is -2.36. The van der Waals surface area contributed by atoms with Gasteiger partial charge in [0.05, 0.1) is 0 Å². The lowest BCUT2D eigenvalue weighted by atomic mass is 10.0. The molecule has 2 saturated heterocycles. The van der Waals surface area contributed by atoms with Gasteiger partial charge in [0.25, 0.3) is 0 Å². The normalized spacial score (nSPS) is 21.4. The van der Waals surface area contributed by atoms with Crippen LogP contribution >= 0.6 is 0 Å². The fraction of sp³-hybridized carbons (Fsp3) is 0.500. The Morgan fingerprint density at radius 2 is 1.84 bits per heavy atom. The number of rotatable bonds is 5. The Balaban J connectivity index is 1.14. The third-order valence-electron chi connectivity index (χ3n) is 6.53. The van der Waals surface area contributed by atoms with Crippen LogP contribution in [0.3, 0.4) is 0 Å². The first-order valence-electron chi connectivity index (χ1n) is 11.4. The van der Waals surface area contributed by atoms with Gasteiger partial charge in [0.2, 0.25) is 5.91 Å². The van der Waals surface area contributed by atoms with Gasteiger partial charge in [-0.3, -0.25) is 9.69 Å². The zero-order chi connectivity index (χ0) is 21.0. The number of hydrogen-bond donors (Lipinski definition) is 0. The molecule has 1 amide bonds. The molecule has 2 aromatic rings. The van der Waals surface area contributed by atoms with E-state index >= 15 is 0 Å². The first kappa shape index (κ1) is 20.1. The van der Waals surface area contributed by atoms with Crippen LogP contribution in [0.2, 0.25) is 0 Å². The van der Waals surface area contributed by atoms with E-state index in [1.54, 1.807) is 0 Å². The molecule has 0 bridgehead atoms. The number of ether oxygens (including phenoxy) is 2. The van der Waals surface area contributed by atoms with Crippen molar-refractivity contribution in [2.45, 2.75) is 25.3 Å². The van der Waals surface area contributed by atoms with Crippen molar-refractivity contribution >= 4 is 11.7 Å². The van der Waals surface area contributed by atoms with Gasteiger partial charge in [0.15, 0.2) is 11.5 Å². The molecule has 0 N–H and O–H groups in total. The highest BCUT2D eigenvalue weighted by Crippen LogP contribution is 2.38. The molecule has 4 heterocycles. The van der Waals surface area contributed by atoms with E-state index in [1.807, 2.05) is 35.4 Å². The monoisotopic (exact) mass is 422 g/mol. The lowest BCUT2D eigenvalue weighted by Crippen LogP contribution is -2.49. The molecule has 3 aliphatic rings. The van der Waals surface area contributed by atoms with E-state index in [0.717, 1.165) is 69.4 Å². The fourth-order valence-electron chi connectivity index (χ4n) is 4.86. The number of nitrogens with zero attached hydrogens (tertiary/aromatic N) is 4. The number of piperazine rings is 1. The van der Waals surface area contributed by atoms with Gasteiger partial charge in [-0.1, -0.05) is 12.1 Å². The second kappa shape index (κ2) is 9.14. The van der Waals surface area contributed by atoms with Gasteiger partial charge in [-0.25, -0.2) is 4.98 Å². The van der Waals surface area contributed by atoms with Gasteiger partial charge in [-0.2, -0.15) is 0 Å². The molecule has 0 saturated carbocycles. The van der Waals surface area contributed by atoms with Gasteiger partial charge in [0, 0.05) is 51.4 Å². The zero-order valence-electron chi connectivity index (χ0n) is 17.9. The van der Waals surface area contributed by atoms with Crippen molar-refractivity contribution in [3.05, 3.63) is 48.2 Å². The maximum absolute atomic E-state index is 12.9. The number of amides is 1. The Kier molecular flexibility index (Phi) is 5.93. The third kappa shape index (κ3) is 4.46. The van der Waals surface area contributed by atoms with Crippen molar-refractivity contribution in [3.8, 4) is 11.5 Å². The summed E-state index contributed by atoms with van der Waals surface area (Å²) in [5, 5.41) is 0. The van der Waals surface area contributed by atoms with Crippen LogP contribution in [0.25, 0.3) is 0 Å². The largest absolute Gasteiger partial charge is 0.486 e. The van der Waals surface area contributed by atoms with E-state index in [2.05, 4.69) is 26.9 Å². The average molecular weight is 423 g/mol. The molecular formula is C24H30N4O3. The van der Waals surface area contributed by atoms with Gasteiger partial charge in [-0.15, -0.1) is 0 Å². The molecule has 5 rings (SSSR count). The molecule has 1 aromatic carbocycles. The molecule has 31 heavy (non-hydrogen) atoms. The number of carbonyl (C=O) groups excluding carboxylic acids is 1. The van der Waals surface area contributed by atoms with Crippen molar-refractivity contribution in [1.29, 1.82) is 0 Å². The van der Waals surface area contributed by atoms with Crippen molar-refractivity contribution in [1.82, 2.24) is 14.8 Å². The van der Waals surface area contributed by atoms with Crippen molar-refractivity contribution in [2.24, 2.45) is 0 Å². The molecule has 7 nitrogen and oxygen atoms in total. The van der Waals surface area contributed by atoms with E-state index < -0.39 is 0 Å². The predicted octanol–water partition coefficient (Wildman–Crippen LogP) is 2.73. The van der Waals surface area contributed by atoms with Crippen LogP contribution in [-0.4, -0.2) is 73.2 Å². The first-order valence-corrected chi connectivity index (χ1v) is 11.4. The van der Waals surface area contributed by atoms with Crippen LogP contribution in [0.5, 0.6) is 11.5 Å². The van der Waals surface area contributed by atoms with Gasteiger partial charge in [0.1, 0.15) is 19.0 Å². The number of aromatic nitrogens is 1. The van der Waals surface area contributed by atoms with E-state index in [4.69, 9.17) is 9.47 Å². The molecular weight excluding hydrogens is 392 g/mol. The number of fused-ring (bicyclic) bond motifs is 1. The lowest BCUT2D eigenvalue weighted by molar-refractivity contribution is -0.131. The summed E-state index contributed by atoms with van der Waals surface area (Å²) in [5.74, 6) is 2.93. The van der Waals surface area contributed by atoms with Gasteiger partial charge in [-0.05, 0) is 49.2 Å². The van der Waals surface area contributed by atoms with Crippen LogP contribution in [0.15, 0.2) is 42.6 Å². The Bertz CT molecular complexity index is 899. The predicted molar refractivity (Wildman–Crippen MR) is 119 cm³/mol. The highest BCUT2D eigenvalue weighted by Gasteiger charge is 2.29. The number of likely N-dealkylation sites (tertiary alicyclic amines) is 1. The summed E-state index contributed by atoms with van der Waals surface area (Å²) in [7, 11) is 0. The minimum atomic E-state index is 0.258. The smallest absolute Gasteiger partial charge is 0.223 e. The summed E-state index contributed by atoms with van der Waals surface area (Å²) >= 11 is 0. The maximum atomic E-state index is 12.9. The number of carbonyl (C=O) groups is 1. The number of anilines is 1. The molecule has 3 aliphatic heterocycles. The quantitative estimate of drug-likeness (QED) is 0.739. The Hall–Kier alpha value is -2.80. The molecule has 0 radical (unpaired) electrons. The number of benzene rings is 1. The molecule has 1 aromatic heterocycles. The summed E-state index contributed by atoms with van der Waals surface area (Å²) in [5.41, 5.74) is 1.26. The number of hydrogen-bond acceptors (Lipinski definition) is 6. The third-order valence-corrected chi connectivity index (χ3v) is 6.53. The van der Waals surface area contributed by atoms with E-state index in [9.17, 15) is 4.79 Å². The minimum absolute atomic E-state index is 0.258. The van der Waals surface area contributed by atoms with Crippen LogP contribution < -0.4 is 14.4 Å². The summed E-state index contributed by atoms with van der Waals surface area (Å²) in [4.78, 5) is 24.0. The van der Waals surface area contributed by atoms with E-state index in [-0.39, 0.29) is 5.91 Å². The van der Waals surface area contributed by atoms with Crippen molar-refractivity contribution in [2.75, 3.05) is 57.4 Å². The molecule has 0 aliphatic carbocycles. The van der Waals surface area contributed by atoms with Crippen LogP contribution in [0.4, 0.5) is 5.82 Å². The summed E-state index contributed by atoms with van der Waals surface area (Å²) < 4.78 is 11.4. The minimum Gasteiger partial charge on any atom is -0.486 e. The molecule has 1 unspecified atom stereocenters. The summed E-state index contributed by atoms with van der Waals surface area (Å²) in [6, 6.07) is 12.6. The maximum Gasteiger partial charge on any atom is 0.223 e. The Morgan fingerprint density at radius 3 is 2.65 bits per heavy atom. The molecule has 2 fully saturated rings. The number of pyridine rings is 1. The van der Waals surface area contributed by atoms with Crippen LogP contribution in [0, 0.1) is 0 Å². The summed E-state index contributed by atoms with van der Waals surface area (Å²) in [6.45, 7) is 6.27.